The van der Waals surface area contributed by atoms with Crippen molar-refractivity contribution in [3.63, 3.8) is 0 Å². The Labute approximate surface area is 174 Å². The molecule has 6 nitrogen and oxygen atoms in total. The molecule has 1 fully saturated rings. The number of hydrogen-bond donors (Lipinski definition) is 1. The van der Waals surface area contributed by atoms with E-state index in [1.807, 2.05) is 30.3 Å². The minimum atomic E-state index is -1.13. The summed E-state index contributed by atoms with van der Waals surface area (Å²) in [4.78, 5) is 22.6. The van der Waals surface area contributed by atoms with Crippen LogP contribution in [-0.2, 0) is 37.5 Å². The van der Waals surface area contributed by atoms with E-state index >= 15 is 0 Å². The number of carbonyl (C=O) groups is 2. The van der Waals surface area contributed by atoms with E-state index in [0.717, 1.165) is 5.56 Å². The van der Waals surface area contributed by atoms with Gasteiger partial charge in [0, 0.05) is 36.7 Å². The average Bonchev–Trinajstić information content (AvgIpc) is 2.73. The summed E-state index contributed by atoms with van der Waals surface area (Å²) in [6.07, 6.45) is 0.604. The first-order chi connectivity index (χ1) is 14.4. The van der Waals surface area contributed by atoms with Crippen LogP contribution in [0.1, 0.15) is 36.5 Å². The fourth-order valence-electron chi connectivity index (χ4n) is 3.66. The van der Waals surface area contributed by atoms with Crippen molar-refractivity contribution in [2.24, 2.45) is 0 Å². The van der Waals surface area contributed by atoms with E-state index in [1.165, 1.54) is 19.1 Å². The quantitative estimate of drug-likeness (QED) is 0.662. The molecule has 1 heterocycles. The lowest BCUT2D eigenvalue weighted by atomic mass is 9.74. The molecule has 30 heavy (non-hydrogen) atoms. The van der Waals surface area contributed by atoms with Gasteiger partial charge in [-0.2, -0.15) is 0 Å². The van der Waals surface area contributed by atoms with Crippen LogP contribution < -0.4 is 4.74 Å². The van der Waals surface area contributed by atoms with Crippen LogP contribution in [-0.4, -0.2) is 36.9 Å². The van der Waals surface area contributed by atoms with Crippen LogP contribution in [0, 0.1) is 5.82 Å². The van der Waals surface area contributed by atoms with Crippen LogP contribution in [0.25, 0.3) is 0 Å². The zero-order valence-electron chi connectivity index (χ0n) is 16.9. The first kappa shape index (κ1) is 21.8. The third-order valence-corrected chi connectivity index (χ3v) is 5.30. The SMILES string of the molecule is CC(=O)OCC1(c2cc(F)c(CC(=O)O)cc2OCc2ccccc2)CCOCC1. The van der Waals surface area contributed by atoms with Gasteiger partial charge in [0.15, 0.2) is 0 Å². The highest BCUT2D eigenvalue weighted by Gasteiger charge is 2.39. The van der Waals surface area contributed by atoms with E-state index in [9.17, 15) is 14.0 Å². The lowest BCUT2D eigenvalue weighted by Gasteiger charge is -2.38. The topological polar surface area (TPSA) is 82.1 Å². The highest BCUT2D eigenvalue weighted by molar-refractivity contribution is 5.70. The number of esters is 1. The van der Waals surface area contributed by atoms with Crippen molar-refractivity contribution in [1.29, 1.82) is 0 Å². The van der Waals surface area contributed by atoms with Gasteiger partial charge in [0.25, 0.3) is 0 Å². The highest BCUT2D eigenvalue weighted by Crippen LogP contribution is 2.42. The molecule has 0 atom stereocenters. The molecule has 3 rings (SSSR count). The van der Waals surface area contributed by atoms with E-state index in [-0.39, 0.29) is 18.8 Å². The van der Waals surface area contributed by atoms with E-state index < -0.39 is 29.6 Å². The van der Waals surface area contributed by atoms with Gasteiger partial charge in [-0.25, -0.2) is 4.39 Å². The van der Waals surface area contributed by atoms with Gasteiger partial charge >= 0.3 is 11.9 Å². The smallest absolute Gasteiger partial charge is 0.307 e. The normalized spacial score (nSPS) is 15.4. The number of benzene rings is 2. The van der Waals surface area contributed by atoms with Crippen LogP contribution in [0.4, 0.5) is 4.39 Å². The van der Waals surface area contributed by atoms with E-state index in [0.29, 0.717) is 37.4 Å². The monoisotopic (exact) mass is 416 g/mol. The lowest BCUT2D eigenvalue weighted by Crippen LogP contribution is -2.39. The summed E-state index contributed by atoms with van der Waals surface area (Å²) in [6, 6.07) is 12.3. The fourth-order valence-corrected chi connectivity index (χ4v) is 3.66. The summed E-state index contributed by atoms with van der Waals surface area (Å²) < 4.78 is 31.7. The van der Waals surface area contributed by atoms with Crippen molar-refractivity contribution >= 4 is 11.9 Å². The molecule has 0 amide bonds. The fraction of sp³-hybridized carbons (Fsp3) is 0.391. The summed E-state index contributed by atoms with van der Waals surface area (Å²) in [5, 5.41) is 9.12. The van der Waals surface area contributed by atoms with Crippen LogP contribution in [0.5, 0.6) is 5.75 Å². The van der Waals surface area contributed by atoms with E-state index in [1.54, 1.807) is 0 Å². The number of halogens is 1. The second-order valence-corrected chi connectivity index (χ2v) is 7.46. The van der Waals surface area contributed by atoms with Crippen molar-refractivity contribution in [2.75, 3.05) is 19.8 Å². The van der Waals surface area contributed by atoms with Gasteiger partial charge in [0.05, 0.1) is 6.42 Å². The molecule has 2 aromatic carbocycles. The Morgan fingerprint density at radius 3 is 2.50 bits per heavy atom. The largest absolute Gasteiger partial charge is 0.489 e. The molecule has 0 spiro atoms. The molecule has 0 aromatic heterocycles. The minimum Gasteiger partial charge on any atom is -0.489 e. The summed E-state index contributed by atoms with van der Waals surface area (Å²) >= 11 is 0. The molecule has 2 aromatic rings. The Kier molecular flexibility index (Phi) is 7.05. The maximum Gasteiger partial charge on any atom is 0.307 e. The molecule has 0 radical (unpaired) electrons. The van der Waals surface area contributed by atoms with Gasteiger partial charge in [-0.05, 0) is 30.5 Å². The van der Waals surface area contributed by atoms with Crippen molar-refractivity contribution in [3.8, 4) is 5.75 Å². The first-order valence-electron chi connectivity index (χ1n) is 9.82. The third-order valence-electron chi connectivity index (χ3n) is 5.30. The molecule has 0 aliphatic carbocycles. The Morgan fingerprint density at radius 2 is 1.87 bits per heavy atom. The number of carboxylic acids is 1. The Hall–Kier alpha value is -2.93. The molecular formula is C23H25FO6. The maximum absolute atomic E-state index is 14.8. The Morgan fingerprint density at radius 1 is 1.17 bits per heavy atom. The summed E-state index contributed by atoms with van der Waals surface area (Å²) in [6.45, 7) is 2.53. The number of hydrogen-bond acceptors (Lipinski definition) is 5. The molecular weight excluding hydrogens is 391 g/mol. The molecule has 7 heteroatoms. The molecule has 1 N–H and O–H groups in total. The van der Waals surface area contributed by atoms with E-state index in [2.05, 4.69) is 0 Å². The number of aliphatic carboxylic acids is 1. The lowest BCUT2D eigenvalue weighted by molar-refractivity contribution is -0.144. The molecule has 160 valence electrons. The molecule has 0 unspecified atom stereocenters. The van der Waals surface area contributed by atoms with Crippen molar-refractivity contribution < 1.29 is 33.3 Å². The van der Waals surface area contributed by atoms with E-state index in [4.69, 9.17) is 19.3 Å². The molecule has 0 bridgehead atoms. The first-order valence-corrected chi connectivity index (χ1v) is 9.82. The highest BCUT2D eigenvalue weighted by atomic mass is 19.1. The van der Waals surface area contributed by atoms with Gasteiger partial charge in [-0.3, -0.25) is 9.59 Å². The van der Waals surface area contributed by atoms with Gasteiger partial charge in [0.2, 0.25) is 0 Å². The third kappa shape index (κ3) is 5.36. The molecule has 1 aliphatic rings. The summed E-state index contributed by atoms with van der Waals surface area (Å²) in [7, 11) is 0. The maximum atomic E-state index is 14.8. The average molecular weight is 416 g/mol. The summed E-state index contributed by atoms with van der Waals surface area (Å²) in [5.74, 6) is -1.77. The Bertz CT molecular complexity index is 890. The number of rotatable bonds is 8. The van der Waals surface area contributed by atoms with Gasteiger partial charge in [-0.15, -0.1) is 0 Å². The molecule has 1 saturated heterocycles. The zero-order valence-corrected chi connectivity index (χ0v) is 16.9. The number of carboxylic acid groups (broad SMARTS) is 1. The zero-order chi connectivity index (χ0) is 21.6. The van der Waals surface area contributed by atoms with Crippen LogP contribution >= 0.6 is 0 Å². The molecule has 0 saturated carbocycles. The predicted molar refractivity (Wildman–Crippen MR) is 107 cm³/mol. The predicted octanol–water partition coefficient (Wildman–Crippen LogP) is 3.64. The summed E-state index contributed by atoms with van der Waals surface area (Å²) in [5.41, 5.74) is 0.866. The van der Waals surface area contributed by atoms with Gasteiger partial charge in [-0.1, -0.05) is 30.3 Å². The van der Waals surface area contributed by atoms with Crippen LogP contribution in [0.15, 0.2) is 42.5 Å². The second-order valence-electron chi connectivity index (χ2n) is 7.46. The van der Waals surface area contributed by atoms with Gasteiger partial charge in [0.1, 0.15) is 24.8 Å². The molecule has 1 aliphatic heterocycles. The number of carbonyl (C=O) groups excluding carboxylic acids is 1. The van der Waals surface area contributed by atoms with Crippen molar-refractivity contribution in [2.45, 2.75) is 38.2 Å². The second kappa shape index (κ2) is 9.71. The minimum absolute atomic E-state index is 0.0454. The number of ether oxygens (including phenoxy) is 3. The standard InChI is InChI=1S/C23H25FO6/c1-16(25)30-15-23(7-9-28-10-8-23)19-13-20(24)18(12-22(26)27)11-21(19)29-14-17-5-3-2-4-6-17/h2-6,11,13H,7-10,12,14-15H2,1H3,(H,26,27). The van der Waals surface area contributed by atoms with Gasteiger partial charge < -0.3 is 19.3 Å². The Balaban J connectivity index is 2.01. The van der Waals surface area contributed by atoms with Crippen LogP contribution in [0.2, 0.25) is 0 Å². The van der Waals surface area contributed by atoms with Crippen molar-refractivity contribution in [1.82, 2.24) is 0 Å². The van der Waals surface area contributed by atoms with Crippen LogP contribution in [0.3, 0.4) is 0 Å². The van der Waals surface area contributed by atoms with Crippen molar-refractivity contribution in [3.05, 3.63) is 65.0 Å².